The molecule has 72 valence electrons. The van der Waals surface area contributed by atoms with Crippen molar-refractivity contribution in [2.24, 2.45) is 0 Å². The van der Waals surface area contributed by atoms with Crippen LogP contribution in [0.25, 0.3) is 11.4 Å². The molecule has 0 saturated heterocycles. The van der Waals surface area contributed by atoms with E-state index in [2.05, 4.69) is 9.97 Å². The summed E-state index contributed by atoms with van der Waals surface area (Å²) in [6.07, 6.45) is 0. The fraction of sp³-hybridized carbons (Fsp3) is 0.182. The van der Waals surface area contributed by atoms with E-state index in [4.69, 9.17) is 0 Å². The van der Waals surface area contributed by atoms with Gasteiger partial charge in [-0.2, -0.15) is 0 Å². The van der Waals surface area contributed by atoms with Gasteiger partial charge in [0.2, 0.25) is 0 Å². The highest BCUT2D eigenvalue weighted by molar-refractivity contribution is 5.55. The molecule has 3 heteroatoms. The summed E-state index contributed by atoms with van der Waals surface area (Å²) < 4.78 is 12.7. The molecule has 2 nitrogen and oxygen atoms in total. The van der Waals surface area contributed by atoms with Crippen LogP contribution in [-0.4, -0.2) is 9.97 Å². The van der Waals surface area contributed by atoms with E-state index < -0.39 is 0 Å². The van der Waals surface area contributed by atoms with E-state index in [0.717, 1.165) is 22.8 Å². The summed E-state index contributed by atoms with van der Waals surface area (Å²) in [5, 5.41) is 0. The van der Waals surface area contributed by atoms with E-state index in [0.29, 0.717) is 0 Å². The number of H-pyrrole nitrogens is 1. The largest absolute Gasteiger partial charge is 0.342 e. The van der Waals surface area contributed by atoms with Crippen LogP contribution in [0.5, 0.6) is 0 Å². The molecule has 14 heavy (non-hydrogen) atoms. The minimum atomic E-state index is -0.228. The van der Waals surface area contributed by atoms with Crippen LogP contribution in [0.3, 0.4) is 0 Å². The molecular weight excluding hydrogens is 179 g/mol. The predicted molar refractivity (Wildman–Crippen MR) is 53.5 cm³/mol. The number of aromatic amines is 1. The van der Waals surface area contributed by atoms with Crippen LogP contribution in [0.1, 0.15) is 11.4 Å². The van der Waals surface area contributed by atoms with Gasteiger partial charge in [0.05, 0.1) is 5.69 Å². The zero-order chi connectivity index (χ0) is 10.1. The van der Waals surface area contributed by atoms with Crippen LogP contribution in [-0.2, 0) is 0 Å². The molecule has 0 atom stereocenters. The first-order valence-corrected chi connectivity index (χ1v) is 4.46. The lowest BCUT2D eigenvalue weighted by molar-refractivity contribution is 0.628. The average molecular weight is 190 g/mol. The van der Waals surface area contributed by atoms with E-state index in [9.17, 15) is 4.39 Å². The Kier molecular flexibility index (Phi) is 2.08. The number of rotatable bonds is 1. The van der Waals surface area contributed by atoms with Crippen molar-refractivity contribution in [2.75, 3.05) is 0 Å². The van der Waals surface area contributed by atoms with Gasteiger partial charge in [0, 0.05) is 11.3 Å². The number of imidazole rings is 1. The van der Waals surface area contributed by atoms with E-state index in [1.54, 1.807) is 12.1 Å². The predicted octanol–water partition coefficient (Wildman–Crippen LogP) is 2.83. The maximum absolute atomic E-state index is 12.7. The summed E-state index contributed by atoms with van der Waals surface area (Å²) >= 11 is 0. The minimum absolute atomic E-state index is 0.228. The standard InChI is InChI=1S/C11H11FN2/c1-7-8(2)14-11(13-7)9-3-5-10(12)6-4-9/h3-6H,1-2H3,(H,13,14). The maximum Gasteiger partial charge on any atom is 0.137 e. The molecule has 0 spiro atoms. The van der Waals surface area contributed by atoms with Crippen LogP contribution in [0.2, 0.25) is 0 Å². The first-order chi connectivity index (χ1) is 6.66. The molecule has 1 N–H and O–H groups in total. The van der Waals surface area contributed by atoms with Crippen molar-refractivity contribution >= 4 is 0 Å². The number of halogens is 1. The highest BCUT2D eigenvalue weighted by Gasteiger charge is 2.04. The molecule has 1 heterocycles. The van der Waals surface area contributed by atoms with Crippen LogP contribution in [0.15, 0.2) is 24.3 Å². The molecule has 2 aromatic rings. The zero-order valence-corrected chi connectivity index (χ0v) is 8.13. The van der Waals surface area contributed by atoms with Gasteiger partial charge < -0.3 is 4.98 Å². The third-order valence-corrected chi connectivity index (χ3v) is 2.25. The molecule has 0 aliphatic heterocycles. The van der Waals surface area contributed by atoms with E-state index >= 15 is 0 Å². The summed E-state index contributed by atoms with van der Waals surface area (Å²) in [4.78, 5) is 7.48. The lowest BCUT2D eigenvalue weighted by Gasteiger charge is -1.95. The Morgan fingerprint density at radius 1 is 1.14 bits per heavy atom. The quantitative estimate of drug-likeness (QED) is 0.736. The second-order valence-corrected chi connectivity index (χ2v) is 3.30. The Hall–Kier alpha value is -1.64. The van der Waals surface area contributed by atoms with Crippen LogP contribution < -0.4 is 0 Å². The Morgan fingerprint density at radius 2 is 1.79 bits per heavy atom. The molecule has 0 bridgehead atoms. The average Bonchev–Trinajstić information content (AvgIpc) is 2.48. The lowest BCUT2D eigenvalue weighted by Crippen LogP contribution is -1.81. The van der Waals surface area contributed by atoms with Crippen molar-refractivity contribution in [3.05, 3.63) is 41.5 Å². The zero-order valence-electron chi connectivity index (χ0n) is 8.13. The highest BCUT2D eigenvalue weighted by Crippen LogP contribution is 2.17. The Labute approximate surface area is 81.8 Å². The van der Waals surface area contributed by atoms with Gasteiger partial charge in [-0.3, -0.25) is 0 Å². The monoisotopic (exact) mass is 190 g/mol. The number of hydrogen-bond donors (Lipinski definition) is 1. The van der Waals surface area contributed by atoms with Crippen molar-refractivity contribution in [3.8, 4) is 11.4 Å². The molecule has 2 rings (SSSR count). The first-order valence-electron chi connectivity index (χ1n) is 4.46. The third-order valence-electron chi connectivity index (χ3n) is 2.25. The lowest BCUT2D eigenvalue weighted by atomic mass is 10.2. The van der Waals surface area contributed by atoms with Crippen molar-refractivity contribution in [1.29, 1.82) is 0 Å². The number of aryl methyl sites for hydroxylation is 2. The molecule has 0 unspecified atom stereocenters. The number of hydrogen-bond acceptors (Lipinski definition) is 1. The first kappa shape index (κ1) is 8.94. The fourth-order valence-electron chi connectivity index (χ4n) is 1.29. The van der Waals surface area contributed by atoms with Crippen LogP contribution in [0, 0.1) is 19.7 Å². The second kappa shape index (κ2) is 3.25. The van der Waals surface area contributed by atoms with Gasteiger partial charge in [-0.1, -0.05) is 0 Å². The minimum Gasteiger partial charge on any atom is -0.342 e. The molecule has 0 aliphatic carbocycles. The Balaban J connectivity index is 2.44. The Morgan fingerprint density at radius 3 is 2.29 bits per heavy atom. The second-order valence-electron chi connectivity index (χ2n) is 3.30. The molecule has 0 saturated carbocycles. The van der Waals surface area contributed by atoms with E-state index in [1.165, 1.54) is 12.1 Å². The van der Waals surface area contributed by atoms with Crippen molar-refractivity contribution in [1.82, 2.24) is 9.97 Å². The van der Waals surface area contributed by atoms with Crippen molar-refractivity contribution in [3.63, 3.8) is 0 Å². The van der Waals surface area contributed by atoms with Gasteiger partial charge in [0.1, 0.15) is 11.6 Å². The van der Waals surface area contributed by atoms with Gasteiger partial charge >= 0.3 is 0 Å². The van der Waals surface area contributed by atoms with Gasteiger partial charge in [-0.05, 0) is 38.1 Å². The SMILES string of the molecule is Cc1nc(-c2ccc(F)cc2)[nH]c1C. The third kappa shape index (κ3) is 1.53. The van der Waals surface area contributed by atoms with Gasteiger partial charge in [-0.15, -0.1) is 0 Å². The van der Waals surface area contributed by atoms with Gasteiger partial charge in [-0.25, -0.2) is 9.37 Å². The number of nitrogens with zero attached hydrogens (tertiary/aromatic N) is 1. The highest BCUT2D eigenvalue weighted by atomic mass is 19.1. The van der Waals surface area contributed by atoms with E-state index in [-0.39, 0.29) is 5.82 Å². The van der Waals surface area contributed by atoms with Crippen molar-refractivity contribution in [2.45, 2.75) is 13.8 Å². The number of aromatic nitrogens is 2. The summed E-state index contributed by atoms with van der Waals surface area (Å²) in [6.45, 7) is 3.91. The number of benzene rings is 1. The fourth-order valence-corrected chi connectivity index (χ4v) is 1.29. The number of nitrogens with one attached hydrogen (secondary N) is 1. The van der Waals surface area contributed by atoms with Crippen LogP contribution in [0.4, 0.5) is 4.39 Å². The molecular formula is C11H11FN2. The molecule has 0 radical (unpaired) electrons. The summed E-state index contributed by atoms with van der Waals surface area (Å²) in [5.74, 6) is 0.564. The smallest absolute Gasteiger partial charge is 0.137 e. The van der Waals surface area contributed by atoms with Crippen LogP contribution >= 0.6 is 0 Å². The van der Waals surface area contributed by atoms with Gasteiger partial charge in [0.15, 0.2) is 0 Å². The van der Waals surface area contributed by atoms with E-state index in [1.807, 2.05) is 13.8 Å². The van der Waals surface area contributed by atoms with Gasteiger partial charge in [0.25, 0.3) is 0 Å². The molecule has 0 aliphatic rings. The molecule has 0 amide bonds. The molecule has 1 aromatic carbocycles. The van der Waals surface area contributed by atoms with Crippen molar-refractivity contribution < 1.29 is 4.39 Å². The maximum atomic E-state index is 12.7. The summed E-state index contributed by atoms with van der Waals surface area (Å²) in [7, 11) is 0. The Bertz CT molecular complexity index is 423. The summed E-state index contributed by atoms with van der Waals surface area (Å²) in [6, 6.07) is 6.30. The molecule has 0 fully saturated rings. The normalized spacial score (nSPS) is 10.5. The molecule has 1 aromatic heterocycles. The summed E-state index contributed by atoms with van der Waals surface area (Å²) in [5.41, 5.74) is 2.93. The topological polar surface area (TPSA) is 28.7 Å².